The van der Waals surface area contributed by atoms with Crippen LogP contribution < -0.4 is 0 Å². The van der Waals surface area contributed by atoms with Crippen molar-refractivity contribution in [1.29, 1.82) is 0 Å². The highest BCUT2D eigenvalue weighted by molar-refractivity contribution is 14.1. The van der Waals surface area contributed by atoms with Crippen molar-refractivity contribution in [3.05, 3.63) is 54.1 Å². The van der Waals surface area contributed by atoms with Crippen LogP contribution in [0.4, 0.5) is 4.39 Å². The molecular formula is C12H10FI. The van der Waals surface area contributed by atoms with E-state index in [0.29, 0.717) is 6.42 Å². The van der Waals surface area contributed by atoms with Gasteiger partial charge in [-0.15, -0.1) is 0 Å². The van der Waals surface area contributed by atoms with Crippen molar-refractivity contribution in [1.82, 2.24) is 0 Å². The second-order valence-corrected chi connectivity index (χ2v) is 4.99. The summed E-state index contributed by atoms with van der Waals surface area (Å²) in [6.45, 7) is 0. The first-order valence-corrected chi connectivity index (χ1v) is 5.58. The molecule has 0 radical (unpaired) electrons. The first-order chi connectivity index (χ1) is 6.70. The van der Waals surface area contributed by atoms with Crippen LogP contribution in [0.1, 0.15) is 12.0 Å². The van der Waals surface area contributed by atoms with Gasteiger partial charge in [-0.2, -0.15) is 0 Å². The lowest BCUT2D eigenvalue weighted by Gasteiger charge is -2.23. The standard InChI is InChI=1S/C12H10FI/c13-12(14)9-5-4-8-11(12)10-6-2-1-3-7-10/h1-8H,9H2. The summed E-state index contributed by atoms with van der Waals surface area (Å²) in [4.78, 5) is 0. The lowest BCUT2D eigenvalue weighted by atomic mass is 9.96. The molecule has 72 valence electrons. The molecule has 0 spiro atoms. The highest BCUT2D eigenvalue weighted by atomic mass is 127. The highest BCUT2D eigenvalue weighted by Crippen LogP contribution is 2.41. The molecular weight excluding hydrogens is 290 g/mol. The smallest absolute Gasteiger partial charge is 0.190 e. The number of hydrogen-bond donors (Lipinski definition) is 0. The van der Waals surface area contributed by atoms with Crippen molar-refractivity contribution in [3.63, 3.8) is 0 Å². The quantitative estimate of drug-likeness (QED) is 0.540. The van der Waals surface area contributed by atoms with E-state index < -0.39 is 3.68 Å². The van der Waals surface area contributed by atoms with Gasteiger partial charge in [0.1, 0.15) is 0 Å². The Kier molecular flexibility index (Phi) is 2.72. The Labute approximate surface area is 96.7 Å². The number of benzene rings is 1. The average molecular weight is 300 g/mol. The lowest BCUT2D eigenvalue weighted by Crippen LogP contribution is -2.16. The normalized spacial score (nSPS) is 26.0. The van der Waals surface area contributed by atoms with Crippen LogP contribution in [0.25, 0.3) is 5.57 Å². The number of allylic oxidation sites excluding steroid dienone is 4. The van der Waals surface area contributed by atoms with Crippen molar-refractivity contribution < 1.29 is 4.39 Å². The molecule has 0 amide bonds. The molecule has 0 fully saturated rings. The maximum Gasteiger partial charge on any atom is 0.190 e. The van der Waals surface area contributed by atoms with Crippen molar-refractivity contribution in [2.45, 2.75) is 10.1 Å². The number of alkyl halides is 2. The van der Waals surface area contributed by atoms with Crippen molar-refractivity contribution in [3.8, 4) is 0 Å². The van der Waals surface area contributed by atoms with E-state index in [-0.39, 0.29) is 0 Å². The number of hydrogen-bond acceptors (Lipinski definition) is 0. The molecule has 1 aliphatic rings. The minimum atomic E-state index is -1.26. The molecule has 0 bridgehead atoms. The van der Waals surface area contributed by atoms with Gasteiger partial charge in [0.2, 0.25) is 0 Å². The number of halogens is 2. The van der Waals surface area contributed by atoms with E-state index in [9.17, 15) is 4.39 Å². The third kappa shape index (κ3) is 1.90. The summed E-state index contributed by atoms with van der Waals surface area (Å²) in [6.07, 6.45) is 6.08. The summed E-state index contributed by atoms with van der Waals surface area (Å²) in [6, 6.07) is 9.69. The third-order valence-electron chi connectivity index (χ3n) is 2.25. The lowest BCUT2D eigenvalue weighted by molar-refractivity contribution is 0.393. The van der Waals surface area contributed by atoms with Gasteiger partial charge in [-0.1, -0.05) is 48.6 Å². The van der Waals surface area contributed by atoms with Gasteiger partial charge < -0.3 is 0 Å². The zero-order valence-corrected chi connectivity index (χ0v) is 9.74. The van der Waals surface area contributed by atoms with Crippen LogP contribution in [0.5, 0.6) is 0 Å². The highest BCUT2D eigenvalue weighted by Gasteiger charge is 2.31. The first-order valence-electron chi connectivity index (χ1n) is 4.51. The molecule has 1 aliphatic carbocycles. The summed E-state index contributed by atoms with van der Waals surface area (Å²) in [5.74, 6) is 0. The molecule has 1 atom stereocenters. The summed E-state index contributed by atoms with van der Waals surface area (Å²) >= 11 is 1.87. The molecule has 1 aromatic carbocycles. The monoisotopic (exact) mass is 300 g/mol. The molecule has 0 N–H and O–H groups in total. The molecule has 0 aromatic heterocycles. The Balaban J connectivity index is 2.43. The first kappa shape index (κ1) is 9.90. The fraction of sp³-hybridized carbons (Fsp3) is 0.167. The van der Waals surface area contributed by atoms with Crippen LogP contribution in [0.3, 0.4) is 0 Å². The zero-order valence-electron chi connectivity index (χ0n) is 7.58. The third-order valence-corrected chi connectivity index (χ3v) is 3.27. The number of rotatable bonds is 1. The minimum absolute atomic E-state index is 0.453. The van der Waals surface area contributed by atoms with E-state index in [1.54, 1.807) is 0 Å². The van der Waals surface area contributed by atoms with Gasteiger partial charge in [0.15, 0.2) is 3.68 Å². The second-order valence-electron chi connectivity index (χ2n) is 3.28. The molecule has 0 heterocycles. The van der Waals surface area contributed by atoms with Crippen LogP contribution in [0.2, 0.25) is 0 Å². The second kappa shape index (κ2) is 3.85. The van der Waals surface area contributed by atoms with Gasteiger partial charge in [0.25, 0.3) is 0 Å². The van der Waals surface area contributed by atoms with Crippen LogP contribution in [-0.4, -0.2) is 3.68 Å². The molecule has 1 aromatic rings. The molecule has 2 heteroatoms. The molecule has 1 unspecified atom stereocenters. The minimum Gasteiger partial charge on any atom is -0.227 e. The molecule has 14 heavy (non-hydrogen) atoms. The van der Waals surface area contributed by atoms with E-state index in [1.165, 1.54) is 0 Å². The van der Waals surface area contributed by atoms with Gasteiger partial charge in [-0.3, -0.25) is 0 Å². The molecule has 0 saturated carbocycles. The van der Waals surface area contributed by atoms with Gasteiger partial charge in [-0.25, -0.2) is 4.39 Å². The van der Waals surface area contributed by atoms with Gasteiger partial charge >= 0.3 is 0 Å². The van der Waals surface area contributed by atoms with Crippen LogP contribution >= 0.6 is 22.6 Å². The van der Waals surface area contributed by atoms with Gasteiger partial charge in [0, 0.05) is 12.0 Å². The van der Waals surface area contributed by atoms with E-state index >= 15 is 0 Å². The zero-order chi connectivity index (χ0) is 10.0. The van der Waals surface area contributed by atoms with Gasteiger partial charge in [0.05, 0.1) is 0 Å². The van der Waals surface area contributed by atoms with Crippen molar-refractivity contribution in [2.24, 2.45) is 0 Å². The van der Waals surface area contributed by atoms with Crippen molar-refractivity contribution >= 4 is 28.2 Å². The van der Waals surface area contributed by atoms with Crippen LogP contribution in [0.15, 0.2) is 48.6 Å². The molecule has 0 aliphatic heterocycles. The predicted molar refractivity (Wildman–Crippen MR) is 66.0 cm³/mol. The van der Waals surface area contributed by atoms with Crippen LogP contribution in [0, 0.1) is 0 Å². The van der Waals surface area contributed by atoms with E-state index in [2.05, 4.69) is 0 Å². The average Bonchev–Trinajstić information content (AvgIpc) is 2.18. The van der Waals surface area contributed by atoms with E-state index in [1.807, 2.05) is 71.2 Å². The largest absolute Gasteiger partial charge is 0.227 e. The summed E-state index contributed by atoms with van der Waals surface area (Å²) in [5.41, 5.74) is 1.73. The summed E-state index contributed by atoms with van der Waals surface area (Å²) in [5, 5.41) is 0. The Morgan fingerprint density at radius 2 is 1.93 bits per heavy atom. The van der Waals surface area contributed by atoms with Crippen LogP contribution in [-0.2, 0) is 0 Å². The molecule has 2 rings (SSSR count). The topological polar surface area (TPSA) is 0 Å². The Morgan fingerprint density at radius 1 is 1.21 bits per heavy atom. The Hall–Kier alpha value is -0.640. The van der Waals surface area contributed by atoms with E-state index in [4.69, 9.17) is 0 Å². The molecule has 0 saturated heterocycles. The van der Waals surface area contributed by atoms with Gasteiger partial charge in [-0.05, 0) is 28.2 Å². The Morgan fingerprint density at radius 3 is 2.57 bits per heavy atom. The fourth-order valence-corrected chi connectivity index (χ4v) is 2.28. The Bertz CT molecular complexity index is 377. The SMILES string of the molecule is FC1(I)CC=CC=C1c1ccccc1. The summed E-state index contributed by atoms with van der Waals surface area (Å²) < 4.78 is 12.8. The predicted octanol–water partition coefficient (Wildman–Crippen LogP) is 4.13. The maximum atomic E-state index is 14.1. The fourth-order valence-electron chi connectivity index (χ4n) is 1.54. The molecule has 0 nitrogen and oxygen atoms in total. The maximum absolute atomic E-state index is 14.1. The van der Waals surface area contributed by atoms with Crippen molar-refractivity contribution in [2.75, 3.05) is 0 Å². The summed E-state index contributed by atoms with van der Waals surface area (Å²) in [7, 11) is 0. The van der Waals surface area contributed by atoms with E-state index in [0.717, 1.165) is 11.1 Å².